The van der Waals surface area contributed by atoms with Gasteiger partial charge in [0.05, 0.1) is 6.10 Å². The van der Waals surface area contributed by atoms with Gasteiger partial charge < -0.3 is 10.0 Å². The Labute approximate surface area is 85.1 Å². The van der Waals surface area contributed by atoms with Gasteiger partial charge in [-0.25, -0.2) is 0 Å². The van der Waals surface area contributed by atoms with Crippen molar-refractivity contribution in [2.75, 3.05) is 19.6 Å². The molecule has 0 spiro atoms. The first-order chi connectivity index (χ1) is 6.66. The molecule has 1 N–H and O–H groups in total. The SMILES string of the molecule is CC(=O)CCN1CC2CCC(O)C2C1. The Kier molecular flexibility index (Phi) is 2.88. The zero-order valence-electron chi connectivity index (χ0n) is 8.78. The van der Waals surface area contributed by atoms with E-state index in [2.05, 4.69) is 4.90 Å². The van der Waals surface area contributed by atoms with Crippen LogP contribution < -0.4 is 0 Å². The van der Waals surface area contributed by atoms with Crippen molar-refractivity contribution in [1.82, 2.24) is 4.90 Å². The Bertz CT molecular complexity index is 229. The topological polar surface area (TPSA) is 40.5 Å². The summed E-state index contributed by atoms with van der Waals surface area (Å²) in [5.41, 5.74) is 0. The number of hydrogen-bond acceptors (Lipinski definition) is 3. The highest BCUT2D eigenvalue weighted by molar-refractivity contribution is 5.75. The molecule has 3 nitrogen and oxygen atoms in total. The van der Waals surface area contributed by atoms with Gasteiger partial charge in [-0.1, -0.05) is 0 Å². The Morgan fingerprint density at radius 2 is 2.21 bits per heavy atom. The second kappa shape index (κ2) is 3.99. The number of likely N-dealkylation sites (tertiary alicyclic amines) is 1. The van der Waals surface area contributed by atoms with Crippen LogP contribution in [0.25, 0.3) is 0 Å². The molecule has 0 aromatic carbocycles. The molecule has 2 rings (SSSR count). The third-order valence-electron chi connectivity index (χ3n) is 3.67. The van der Waals surface area contributed by atoms with Crippen LogP contribution in [0, 0.1) is 11.8 Å². The Balaban J connectivity index is 1.80. The van der Waals surface area contributed by atoms with Crippen molar-refractivity contribution in [3.05, 3.63) is 0 Å². The number of aliphatic hydroxyl groups excluding tert-OH is 1. The van der Waals surface area contributed by atoms with Crippen LogP contribution in [0.2, 0.25) is 0 Å². The molecule has 0 radical (unpaired) electrons. The molecule has 0 aromatic rings. The van der Waals surface area contributed by atoms with Gasteiger partial charge in [0.2, 0.25) is 0 Å². The van der Waals surface area contributed by atoms with Crippen LogP contribution in [0.15, 0.2) is 0 Å². The molecular weight excluding hydrogens is 178 g/mol. The summed E-state index contributed by atoms with van der Waals surface area (Å²) in [5.74, 6) is 1.45. The first-order valence-corrected chi connectivity index (χ1v) is 5.56. The van der Waals surface area contributed by atoms with E-state index >= 15 is 0 Å². The minimum Gasteiger partial charge on any atom is -0.393 e. The maximum absolute atomic E-state index is 10.8. The van der Waals surface area contributed by atoms with E-state index in [1.54, 1.807) is 6.92 Å². The van der Waals surface area contributed by atoms with E-state index < -0.39 is 0 Å². The van der Waals surface area contributed by atoms with Crippen LogP contribution >= 0.6 is 0 Å². The molecule has 80 valence electrons. The molecule has 0 bridgehead atoms. The van der Waals surface area contributed by atoms with E-state index in [9.17, 15) is 9.90 Å². The van der Waals surface area contributed by atoms with Crippen molar-refractivity contribution in [3.8, 4) is 0 Å². The van der Waals surface area contributed by atoms with E-state index in [1.807, 2.05) is 0 Å². The molecule has 3 atom stereocenters. The van der Waals surface area contributed by atoms with E-state index in [1.165, 1.54) is 6.42 Å². The zero-order valence-corrected chi connectivity index (χ0v) is 8.78. The van der Waals surface area contributed by atoms with Gasteiger partial charge in [-0.2, -0.15) is 0 Å². The first-order valence-electron chi connectivity index (χ1n) is 5.56. The number of hydrogen-bond donors (Lipinski definition) is 1. The number of carbonyl (C=O) groups excluding carboxylic acids is 1. The molecule has 2 aliphatic rings. The standard InChI is InChI=1S/C11H19NO2/c1-8(13)4-5-12-6-9-2-3-11(14)10(9)7-12/h9-11,14H,2-7H2,1H3. The Morgan fingerprint density at radius 3 is 2.86 bits per heavy atom. The van der Waals surface area contributed by atoms with Crippen LogP contribution in [0.3, 0.4) is 0 Å². The van der Waals surface area contributed by atoms with Gasteiger partial charge in [0.25, 0.3) is 0 Å². The molecule has 1 saturated heterocycles. The number of nitrogens with zero attached hydrogens (tertiary/aromatic N) is 1. The van der Waals surface area contributed by atoms with Gasteiger partial charge in [0.1, 0.15) is 5.78 Å². The summed E-state index contributed by atoms with van der Waals surface area (Å²) in [6.45, 7) is 4.62. The highest BCUT2D eigenvalue weighted by Crippen LogP contribution is 2.37. The fourth-order valence-electron chi connectivity index (χ4n) is 2.83. The van der Waals surface area contributed by atoms with E-state index in [-0.39, 0.29) is 11.9 Å². The van der Waals surface area contributed by atoms with Gasteiger partial charge in [0.15, 0.2) is 0 Å². The number of rotatable bonds is 3. The third-order valence-corrected chi connectivity index (χ3v) is 3.67. The van der Waals surface area contributed by atoms with Gasteiger partial charge >= 0.3 is 0 Å². The monoisotopic (exact) mass is 197 g/mol. The molecule has 1 aliphatic carbocycles. The summed E-state index contributed by atoms with van der Waals surface area (Å²) in [4.78, 5) is 13.2. The normalized spacial score (nSPS) is 37.4. The molecule has 0 aromatic heterocycles. The zero-order chi connectivity index (χ0) is 10.1. The second-order valence-electron chi connectivity index (χ2n) is 4.78. The molecule has 1 saturated carbocycles. The predicted molar refractivity (Wildman–Crippen MR) is 54.0 cm³/mol. The van der Waals surface area contributed by atoms with Crippen molar-refractivity contribution < 1.29 is 9.90 Å². The lowest BCUT2D eigenvalue weighted by Gasteiger charge is -2.16. The van der Waals surface area contributed by atoms with E-state index in [4.69, 9.17) is 0 Å². The molecule has 1 aliphatic heterocycles. The summed E-state index contributed by atoms with van der Waals surface area (Å²) in [6, 6.07) is 0. The average Bonchev–Trinajstić information content (AvgIpc) is 2.65. The fraction of sp³-hybridized carbons (Fsp3) is 0.909. The molecule has 3 unspecified atom stereocenters. The largest absolute Gasteiger partial charge is 0.393 e. The van der Waals surface area contributed by atoms with Crippen LogP contribution in [-0.2, 0) is 4.79 Å². The molecule has 2 fully saturated rings. The maximum atomic E-state index is 10.8. The number of fused-ring (bicyclic) bond motifs is 1. The van der Waals surface area contributed by atoms with Gasteiger partial charge in [-0.3, -0.25) is 4.79 Å². The molecule has 3 heteroatoms. The Morgan fingerprint density at radius 1 is 1.43 bits per heavy atom. The van der Waals surface area contributed by atoms with Crippen LogP contribution in [0.1, 0.15) is 26.2 Å². The van der Waals surface area contributed by atoms with E-state index in [0.29, 0.717) is 18.3 Å². The van der Waals surface area contributed by atoms with Crippen LogP contribution in [-0.4, -0.2) is 41.5 Å². The smallest absolute Gasteiger partial charge is 0.131 e. The third kappa shape index (κ3) is 1.98. The lowest BCUT2D eigenvalue weighted by molar-refractivity contribution is -0.117. The summed E-state index contributed by atoms with van der Waals surface area (Å²) in [7, 11) is 0. The molecule has 14 heavy (non-hydrogen) atoms. The second-order valence-corrected chi connectivity index (χ2v) is 4.78. The average molecular weight is 197 g/mol. The summed E-state index contributed by atoms with van der Waals surface area (Å²) < 4.78 is 0. The molecule has 1 heterocycles. The van der Waals surface area contributed by atoms with Crippen LogP contribution in [0.4, 0.5) is 0 Å². The van der Waals surface area contributed by atoms with Crippen molar-refractivity contribution >= 4 is 5.78 Å². The first kappa shape index (κ1) is 10.1. The lowest BCUT2D eigenvalue weighted by atomic mass is 10.00. The molecule has 0 amide bonds. The lowest BCUT2D eigenvalue weighted by Crippen LogP contribution is -2.26. The maximum Gasteiger partial charge on any atom is 0.131 e. The highest BCUT2D eigenvalue weighted by Gasteiger charge is 2.41. The summed E-state index contributed by atoms with van der Waals surface area (Å²) >= 11 is 0. The van der Waals surface area contributed by atoms with Crippen molar-refractivity contribution in [3.63, 3.8) is 0 Å². The number of aliphatic hydroxyl groups is 1. The van der Waals surface area contributed by atoms with Crippen molar-refractivity contribution in [1.29, 1.82) is 0 Å². The number of ketones is 1. The predicted octanol–water partition coefficient (Wildman–Crippen LogP) is 0.668. The van der Waals surface area contributed by atoms with E-state index in [0.717, 1.165) is 26.1 Å². The molecular formula is C11H19NO2. The Hall–Kier alpha value is -0.410. The fourth-order valence-corrected chi connectivity index (χ4v) is 2.83. The number of carbonyl (C=O) groups is 1. The van der Waals surface area contributed by atoms with Crippen molar-refractivity contribution in [2.45, 2.75) is 32.3 Å². The van der Waals surface area contributed by atoms with Crippen LogP contribution in [0.5, 0.6) is 0 Å². The minimum atomic E-state index is -0.0812. The van der Waals surface area contributed by atoms with Gasteiger partial charge in [-0.15, -0.1) is 0 Å². The van der Waals surface area contributed by atoms with Crippen molar-refractivity contribution in [2.24, 2.45) is 11.8 Å². The summed E-state index contributed by atoms with van der Waals surface area (Å²) in [6.07, 6.45) is 2.73. The highest BCUT2D eigenvalue weighted by atomic mass is 16.3. The minimum absolute atomic E-state index is 0.0812. The van der Waals surface area contributed by atoms with Gasteiger partial charge in [-0.05, 0) is 25.7 Å². The summed E-state index contributed by atoms with van der Waals surface area (Å²) in [5, 5.41) is 9.70. The van der Waals surface area contributed by atoms with Gasteiger partial charge in [0, 0.05) is 32.0 Å². The quantitative estimate of drug-likeness (QED) is 0.723. The number of Topliss-reactive ketones (excluding diaryl/α,β-unsaturated/α-hetero) is 1.